The summed E-state index contributed by atoms with van der Waals surface area (Å²) in [5.74, 6) is 1.26. The van der Waals surface area contributed by atoms with Gasteiger partial charge in [-0.15, -0.1) is 0 Å². The van der Waals surface area contributed by atoms with Gasteiger partial charge in [-0.05, 0) is 74.6 Å². The molecule has 2 aliphatic heterocycles. The average molecular weight is 485 g/mol. The van der Waals surface area contributed by atoms with E-state index in [0.717, 1.165) is 77.7 Å². The van der Waals surface area contributed by atoms with E-state index in [1.165, 1.54) is 19.1 Å². The van der Waals surface area contributed by atoms with Gasteiger partial charge in [-0.3, -0.25) is 4.79 Å². The van der Waals surface area contributed by atoms with E-state index in [1.54, 1.807) is 0 Å². The molecule has 2 aliphatic rings. The van der Waals surface area contributed by atoms with E-state index >= 15 is 0 Å². The van der Waals surface area contributed by atoms with Crippen molar-refractivity contribution in [1.29, 1.82) is 0 Å². The summed E-state index contributed by atoms with van der Waals surface area (Å²) in [4.78, 5) is 17.0. The number of hydrogen-bond acceptors (Lipinski definition) is 5. The monoisotopic (exact) mass is 484 g/mol. The number of esters is 1. The second-order valence-electron chi connectivity index (χ2n) is 9.31. The van der Waals surface area contributed by atoms with Crippen molar-refractivity contribution in [3.63, 3.8) is 0 Å². The molecule has 34 heavy (non-hydrogen) atoms. The molecular weight excluding hydrogens is 451 g/mol. The smallest absolute Gasteiger partial charge is 0.308 e. The lowest BCUT2D eigenvalue weighted by atomic mass is 9.84. The third-order valence-electron chi connectivity index (χ3n) is 7.25. The quantitative estimate of drug-likeness (QED) is 0.339. The SMILES string of the molecule is CCC1Cc2c(C)c(OC(C)=O)c(C)c(C)c2OC1C(=S)N1CCN(c2ccc(F)cc2)CC1. The third-order valence-corrected chi connectivity index (χ3v) is 7.74. The van der Waals surface area contributed by atoms with Crippen molar-refractivity contribution in [3.05, 3.63) is 52.3 Å². The zero-order valence-electron chi connectivity index (χ0n) is 20.6. The van der Waals surface area contributed by atoms with Crippen molar-refractivity contribution < 1.29 is 18.7 Å². The number of nitrogens with zero attached hydrogens (tertiary/aromatic N) is 2. The maximum atomic E-state index is 13.3. The lowest BCUT2D eigenvalue weighted by Crippen LogP contribution is -2.54. The molecule has 0 aromatic heterocycles. The molecule has 1 saturated heterocycles. The van der Waals surface area contributed by atoms with Crippen molar-refractivity contribution in [2.45, 2.75) is 53.6 Å². The van der Waals surface area contributed by atoms with Crippen LogP contribution in [0.15, 0.2) is 24.3 Å². The minimum atomic E-state index is -0.312. The number of benzene rings is 2. The van der Waals surface area contributed by atoms with Crippen LogP contribution in [0.5, 0.6) is 11.5 Å². The van der Waals surface area contributed by atoms with E-state index in [2.05, 4.69) is 16.7 Å². The molecular formula is C27H33FN2O3S. The van der Waals surface area contributed by atoms with Crippen molar-refractivity contribution in [2.24, 2.45) is 5.92 Å². The van der Waals surface area contributed by atoms with Gasteiger partial charge >= 0.3 is 5.97 Å². The average Bonchev–Trinajstić information content (AvgIpc) is 2.84. The fourth-order valence-corrected chi connectivity index (χ4v) is 5.50. The molecule has 0 bridgehead atoms. The van der Waals surface area contributed by atoms with E-state index < -0.39 is 0 Å². The topological polar surface area (TPSA) is 42.0 Å². The molecule has 0 saturated carbocycles. The molecule has 5 nitrogen and oxygen atoms in total. The zero-order chi connectivity index (χ0) is 24.6. The molecule has 1 fully saturated rings. The van der Waals surface area contributed by atoms with Crippen LogP contribution in [0.1, 0.15) is 42.5 Å². The standard InChI is InChI=1S/C27H33FN2O3S/c1-6-20-15-23-18(4)24(32-19(5)31)16(2)17(3)25(23)33-26(20)27(34)30-13-11-29(12-14-30)22-9-7-21(28)8-10-22/h7-10,20,26H,6,11-15H2,1-5H3. The van der Waals surface area contributed by atoms with Gasteiger partial charge in [-0.2, -0.15) is 0 Å². The molecule has 2 atom stereocenters. The molecule has 2 heterocycles. The first-order valence-electron chi connectivity index (χ1n) is 12.0. The lowest BCUT2D eigenvalue weighted by Gasteiger charge is -2.42. The number of carbonyl (C=O) groups is 1. The Labute approximate surface area is 206 Å². The summed E-state index contributed by atoms with van der Waals surface area (Å²) in [6.07, 6.45) is 1.62. The lowest BCUT2D eigenvalue weighted by molar-refractivity contribution is -0.132. The maximum Gasteiger partial charge on any atom is 0.308 e. The number of carbonyl (C=O) groups excluding carboxylic acids is 1. The molecule has 0 radical (unpaired) electrons. The number of halogens is 1. The van der Waals surface area contributed by atoms with Gasteiger partial charge in [0.05, 0.1) is 0 Å². The van der Waals surface area contributed by atoms with Crippen LogP contribution in [0.2, 0.25) is 0 Å². The highest BCUT2D eigenvalue weighted by atomic mass is 32.1. The fraction of sp³-hybridized carbons (Fsp3) is 0.481. The zero-order valence-corrected chi connectivity index (χ0v) is 21.4. The molecule has 2 aromatic carbocycles. The first-order valence-corrected chi connectivity index (χ1v) is 12.4. The Morgan fingerprint density at radius 3 is 2.32 bits per heavy atom. The number of rotatable bonds is 4. The Morgan fingerprint density at radius 2 is 1.74 bits per heavy atom. The summed E-state index contributed by atoms with van der Waals surface area (Å²) in [7, 11) is 0. The van der Waals surface area contributed by atoms with E-state index in [0.29, 0.717) is 5.75 Å². The molecule has 0 amide bonds. The van der Waals surface area contributed by atoms with Crippen LogP contribution in [0, 0.1) is 32.5 Å². The van der Waals surface area contributed by atoms with Crippen molar-refractivity contribution >= 4 is 28.9 Å². The predicted molar refractivity (Wildman–Crippen MR) is 137 cm³/mol. The Hall–Kier alpha value is -2.67. The van der Waals surface area contributed by atoms with Crippen LogP contribution < -0.4 is 14.4 Å². The Balaban J connectivity index is 1.53. The van der Waals surface area contributed by atoms with Crippen LogP contribution in [-0.4, -0.2) is 48.1 Å². The Kier molecular flexibility index (Phi) is 7.12. The number of ether oxygens (including phenoxy) is 2. The number of anilines is 1. The summed E-state index contributed by atoms with van der Waals surface area (Å²) in [6, 6.07) is 6.67. The Morgan fingerprint density at radius 1 is 1.09 bits per heavy atom. The normalized spacial score (nSPS) is 19.9. The highest BCUT2D eigenvalue weighted by molar-refractivity contribution is 7.80. The van der Waals surface area contributed by atoms with Crippen LogP contribution in [0.3, 0.4) is 0 Å². The number of hydrogen-bond donors (Lipinski definition) is 0. The largest absolute Gasteiger partial charge is 0.482 e. The van der Waals surface area contributed by atoms with Crippen molar-refractivity contribution in [1.82, 2.24) is 4.90 Å². The van der Waals surface area contributed by atoms with Gasteiger partial charge < -0.3 is 19.3 Å². The van der Waals surface area contributed by atoms with Gasteiger partial charge in [0.15, 0.2) is 6.10 Å². The van der Waals surface area contributed by atoms with E-state index in [-0.39, 0.29) is 23.8 Å². The second-order valence-corrected chi connectivity index (χ2v) is 9.72. The van der Waals surface area contributed by atoms with E-state index in [4.69, 9.17) is 21.7 Å². The highest BCUT2D eigenvalue weighted by Crippen LogP contribution is 2.44. The summed E-state index contributed by atoms with van der Waals surface area (Å²) in [5.41, 5.74) is 5.06. The molecule has 0 aliphatic carbocycles. The number of piperazine rings is 1. The van der Waals surface area contributed by atoms with Crippen molar-refractivity contribution in [2.75, 3.05) is 31.1 Å². The molecule has 0 spiro atoms. The summed E-state index contributed by atoms with van der Waals surface area (Å²) in [6.45, 7) is 12.9. The molecule has 182 valence electrons. The minimum absolute atomic E-state index is 0.165. The number of fused-ring (bicyclic) bond motifs is 1. The fourth-order valence-electron chi connectivity index (χ4n) is 5.08. The third kappa shape index (κ3) is 4.63. The van der Waals surface area contributed by atoms with Crippen LogP contribution in [0.4, 0.5) is 10.1 Å². The number of thiocarbonyl (C=S) groups is 1. The van der Waals surface area contributed by atoms with Crippen molar-refractivity contribution in [3.8, 4) is 11.5 Å². The maximum absolute atomic E-state index is 13.3. The van der Waals surface area contributed by atoms with Crippen LogP contribution in [-0.2, 0) is 11.2 Å². The van der Waals surface area contributed by atoms with Gasteiger partial charge in [-0.25, -0.2) is 4.39 Å². The first kappa shape index (κ1) is 24.5. The summed E-state index contributed by atoms with van der Waals surface area (Å²) < 4.78 is 25.5. The van der Waals surface area contributed by atoms with Gasteiger partial charge in [0, 0.05) is 50.3 Å². The van der Waals surface area contributed by atoms with Gasteiger partial charge in [0.25, 0.3) is 0 Å². The molecule has 7 heteroatoms. The van der Waals surface area contributed by atoms with Gasteiger partial charge in [-0.1, -0.05) is 19.1 Å². The van der Waals surface area contributed by atoms with Crippen LogP contribution in [0.25, 0.3) is 0 Å². The summed E-state index contributed by atoms with van der Waals surface area (Å²) in [5, 5.41) is 0. The molecule has 2 unspecified atom stereocenters. The highest BCUT2D eigenvalue weighted by Gasteiger charge is 2.37. The van der Waals surface area contributed by atoms with E-state index in [9.17, 15) is 9.18 Å². The van der Waals surface area contributed by atoms with Crippen LogP contribution >= 0.6 is 12.2 Å². The molecule has 2 aromatic rings. The summed E-state index contributed by atoms with van der Waals surface area (Å²) >= 11 is 5.99. The van der Waals surface area contributed by atoms with Gasteiger partial charge in [0.1, 0.15) is 22.3 Å². The first-order chi connectivity index (χ1) is 16.2. The predicted octanol–water partition coefficient (Wildman–Crippen LogP) is 5.16. The minimum Gasteiger partial charge on any atom is -0.482 e. The second kappa shape index (κ2) is 9.90. The molecule has 4 rings (SSSR count). The van der Waals surface area contributed by atoms with Gasteiger partial charge in [0.2, 0.25) is 0 Å². The van der Waals surface area contributed by atoms with E-state index in [1.807, 2.05) is 32.9 Å². The molecule has 0 N–H and O–H groups in total. The Bertz CT molecular complexity index is 1090.